The van der Waals surface area contributed by atoms with Crippen molar-refractivity contribution < 1.29 is 38.1 Å². The minimum Gasteiger partial charge on any atom is -0.460 e. The lowest BCUT2D eigenvalue weighted by Gasteiger charge is -2.31. The number of alkyl halides is 2. The van der Waals surface area contributed by atoms with Crippen molar-refractivity contribution in [1.29, 1.82) is 0 Å². The van der Waals surface area contributed by atoms with Gasteiger partial charge in [0.15, 0.2) is 11.6 Å². The molecule has 0 spiro atoms. The Morgan fingerprint density at radius 2 is 2.00 bits per heavy atom. The Hall–Kier alpha value is -3.83. The van der Waals surface area contributed by atoms with Gasteiger partial charge in [0, 0.05) is 38.2 Å². The van der Waals surface area contributed by atoms with Crippen LogP contribution in [0, 0.1) is 5.82 Å². The molecule has 0 atom stereocenters. The molecule has 0 unspecified atom stereocenters. The van der Waals surface area contributed by atoms with Crippen molar-refractivity contribution in [2.24, 2.45) is 0 Å². The number of anilines is 1. The number of nitrogens with zero attached hydrogens (tertiary/aromatic N) is 3. The molecule has 3 aromatic rings. The van der Waals surface area contributed by atoms with Gasteiger partial charge >= 0.3 is 12.6 Å². The molecule has 0 bridgehead atoms. The third-order valence-electron chi connectivity index (χ3n) is 5.28. The number of oxazole rings is 1. The largest absolute Gasteiger partial charge is 0.460 e. The second kappa shape index (κ2) is 9.98. The first kappa shape index (κ1) is 23.3. The van der Waals surface area contributed by atoms with E-state index in [0.717, 1.165) is 12.1 Å². The van der Waals surface area contributed by atoms with Crippen molar-refractivity contribution in [3.8, 4) is 5.75 Å². The van der Waals surface area contributed by atoms with Gasteiger partial charge in [0.2, 0.25) is 5.76 Å². The van der Waals surface area contributed by atoms with Crippen LogP contribution in [-0.4, -0.2) is 54.2 Å². The summed E-state index contributed by atoms with van der Waals surface area (Å²) in [5.41, 5.74) is 0.429. The normalized spacial score (nSPS) is 14.4. The summed E-state index contributed by atoms with van der Waals surface area (Å²) in [4.78, 5) is 34.5. The zero-order valence-electron chi connectivity index (χ0n) is 18.1. The number of ether oxygens (including phenoxy) is 2. The zero-order valence-corrected chi connectivity index (χ0v) is 18.1. The molecule has 34 heavy (non-hydrogen) atoms. The van der Waals surface area contributed by atoms with Crippen molar-refractivity contribution in [2.75, 3.05) is 24.6 Å². The molecule has 1 aromatic carbocycles. The van der Waals surface area contributed by atoms with Crippen LogP contribution < -0.4 is 15.0 Å². The SMILES string of the molecule is CCOC(=O)c1cnc(N2CCC(NC(=O)c3cnc4cc(OC(F)F)c(F)cc4c3)CC2)o1.[HH]. The Labute approximate surface area is 193 Å². The smallest absolute Gasteiger partial charge is 0.387 e. The summed E-state index contributed by atoms with van der Waals surface area (Å²) in [7, 11) is 0. The third kappa shape index (κ3) is 5.21. The Balaban J connectivity index is 0.00000342. The molecule has 1 amide bonds. The molecule has 2 aromatic heterocycles. The highest BCUT2D eigenvalue weighted by Crippen LogP contribution is 2.26. The van der Waals surface area contributed by atoms with Gasteiger partial charge in [-0.1, -0.05) is 0 Å². The van der Waals surface area contributed by atoms with Crippen LogP contribution in [0.25, 0.3) is 10.9 Å². The summed E-state index contributed by atoms with van der Waals surface area (Å²) in [6.07, 6.45) is 3.82. The number of hydrogen-bond donors (Lipinski definition) is 1. The zero-order chi connectivity index (χ0) is 24.2. The fraction of sp³-hybridized carbons (Fsp3) is 0.364. The summed E-state index contributed by atoms with van der Waals surface area (Å²) in [6.45, 7) is -0.145. The topological polar surface area (TPSA) is 107 Å². The van der Waals surface area contributed by atoms with Crippen LogP contribution in [0.15, 0.2) is 35.0 Å². The maximum atomic E-state index is 14.0. The average molecular weight is 480 g/mol. The van der Waals surface area contributed by atoms with E-state index in [1.807, 2.05) is 4.90 Å². The predicted molar refractivity (Wildman–Crippen MR) is 116 cm³/mol. The maximum absolute atomic E-state index is 14.0. The van der Waals surface area contributed by atoms with Crippen LogP contribution in [0.2, 0.25) is 0 Å². The molecule has 1 saturated heterocycles. The van der Waals surface area contributed by atoms with Crippen LogP contribution in [0.5, 0.6) is 5.75 Å². The molecule has 182 valence electrons. The third-order valence-corrected chi connectivity index (χ3v) is 5.28. The van der Waals surface area contributed by atoms with Gasteiger partial charge in [-0.2, -0.15) is 8.78 Å². The summed E-state index contributed by atoms with van der Waals surface area (Å²) in [5, 5.41) is 3.20. The van der Waals surface area contributed by atoms with Crippen LogP contribution in [0.4, 0.5) is 19.2 Å². The predicted octanol–water partition coefficient (Wildman–Crippen LogP) is 3.78. The van der Waals surface area contributed by atoms with Crippen molar-refractivity contribution in [2.45, 2.75) is 32.4 Å². The van der Waals surface area contributed by atoms with Gasteiger partial charge in [-0.25, -0.2) is 14.2 Å². The van der Waals surface area contributed by atoms with Crippen molar-refractivity contribution >= 4 is 28.8 Å². The van der Waals surface area contributed by atoms with Gasteiger partial charge in [0.05, 0.1) is 23.9 Å². The molecule has 1 aliphatic rings. The first-order chi connectivity index (χ1) is 16.3. The van der Waals surface area contributed by atoms with Gasteiger partial charge in [-0.05, 0) is 31.9 Å². The van der Waals surface area contributed by atoms with Crippen molar-refractivity contribution in [3.63, 3.8) is 0 Å². The number of hydrogen-bond acceptors (Lipinski definition) is 8. The van der Waals surface area contributed by atoms with E-state index in [4.69, 9.17) is 9.15 Å². The molecule has 9 nitrogen and oxygen atoms in total. The Morgan fingerprint density at radius 3 is 2.71 bits per heavy atom. The highest BCUT2D eigenvalue weighted by Gasteiger charge is 2.25. The van der Waals surface area contributed by atoms with Crippen LogP contribution in [-0.2, 0) is 4.74 Å². The lowest BCUT2D eigenvalue weighted by molar-refractivity contribution is -0.0520. The van der Waals surface area contributed by atoms with E-state index in [0.29, 0.717) is 31.9 Å². The monoisotopic (exact) mass is 480 g/mol. The summed E-state index contributed by atoms with van der Waals surface area (Å²) >= 11 is 0. The molecule has 3 heterocycles. The molecule has 1 N–H and O–H groups in total. The Morgan fingerprint density at radius 1 is 1.24 bits per heavy atom. The number of carbonyl (C=O) groups excluding carboxylic acids is 2. The number of benzene rings is 1. The standard InChI is InChI=1S/C22H21F3N4O5.H2/c1-2-32-20(31)18-11-27-22(34-18)29-5-3-14(4-6-29)28-19(30)13-7-12-8-15(23)17(33-21(24)25)9-16(12)26-10-13;/h7-11,14,21H,2-6H2,1H3,(H,28,30);1H. The summed E-state index contributed by atoms with van der Waals surface area (Å²) in [5.74, 6) is -2.52. The molecule has 0 radical (unpaired) electrons. The van der Waals surface area contributed by atoms with Crippen molar-refractivity contribution in [3.05, 3.63) is 47.7 Å². The number of esters is 1. The number of amides is 1. The van der Waals surface area contributed by atoms with E-state index in [2.05, 4.69) is 20.0 Å². The number of carbonyl (C=O) groups is 2. The molecule has 1 aliphatic heterocycles. The number of rotatable bonds is 7. The fourth-order valence-corrected chi connectivity index (χ4v) is 3.63. The van der Waals surface area contributed by atoms with E-state index in [9.17, 15) is 22.8 Å². The van der Waals surface area contributed by atoms with Crippen LogP contribution in [0.3, 0.4) is 0 Å². The molecule has 4 rings (SSSR count). The first-order valence-corrected chi connectivity index (χ1v) is 10.6. The maximum Gasteiger partial charge on any atom is 0.387 e. The molecule has 0 saturated carbocycles. The first-order valence-electron chi connectivity index (χ1n) is 10.6. The van der Waals surface area contributed by atoms with Gasteiger partial charge in [-0.15, -0.1) is 0 Å². The number of piperidine rings is 1. The molecule has 12 heteroatoms. The van der Waals surface area contributed by atoms with E-state index in [-0.39, 0.29) is 42.2 Å². The van der Waals surface area contributed by atoms with Gasteiger partial charge < -0.3 is 24.1 Å². The number of aromatic nitrogens is 2. The highest BCUT2D eigenvalue weighted by molar-refractivity contribution is 5.97. The molecular formula is C22H23F3N4O5. The van der Waals surface area contributed by atoms with Gasteiger partial charge in [-0.3, -0.25) is 9.78 Å². The fourth-order valence-electron chi connectivity index (χ4n) is 3.63. The van der Waals surface area contributed by atoms with Gasteiger partial charge in [0.1, 0.15) is 0 Å². The second-order valence-corrected chi connectivity index (χ2v) is 7.54. The van der Waals surface area contributed by atoms with E-state index in [1.165, 1.54) is 18.5 Å². The number of nitrogens with one attached hydrogen (secondary N) is 1. The minimum absolute atomic E-state index is 0. The Bertz CT molecular complexity index is 1200. The lowest BCUT2D eigenvalue weighted by Crippen LogP contribution is -2.44. The second-order valence-electron chi connectivity index (χ2n) is 7.54. The quantitative estimate of drug-likeness (QED) is 0.509. The van der Waals surface area contributed by atoms with Crippen LogP contribution in [0.1, 0.15) is 42.1 Å². The van der Waals surface area contributed by atoms with E-state index in [1.54, 1.807) is 6.92 Å². The number of halogens is 3. The van der Waals surface area contributed by atoms with E-state index < -0.39 is 24.1 Å². The number of pyridine rings is 1. The highest BCUT2D eigenvalue weighted by atomic mass is 19.3. The van der Waals surface area contributed by atoms with E-state index >= 15 is 0 Å². The molecule has 0 aliphatic carbocycles. The average Bonchev–Trinajstić information content (AvgIpc) is 3.30. The minimum atomic E-state index is -3.16. The molecule has 1 fully saturated rings. The summed E-state index contributed by atoms with van der Waals surface area (Å²) < 4.78 is 53.3. The Kier molecular flexibility index (Phi) is 6.85. The number of fused-ring (bicyclic) bond motifs is 1. The van der Waals surface area contributed by atoms with Gasteiger partial charge in [0.25, 0.3) is 11.9 Å². The summed E-state index contributed by atoms with van der Waals surface area (Å²) in [6, 6.07) is 3.67. The molecular weight excluding hydrogens is 457 g/mol. The van der Waals surface area contributed by atoms with Crippen molar-refractivity contribution in [1.82, 2.24) is 15.3 Å². The lowest BCUT2D eigenvalue weighted by atomic mass is 10.0. The van der Waals surface area contributed by atoms with Crippen LogP contribution >= 0.6 is 0 Å².